The van der Waals surface area contributed by atoms with Crippen molar-refractivity contribution in [1.29, 1.82) is 0 Å². The van der Waals surface area contributed by atoms with E-state index in [9.17, 15) is 4.79 Å². The first-order valence-electron chi connectivity index (χ1n) is 9.21. The quantitative estimate of drug-likeness (QED) is 0.444. The van der Waals surface area contributed by atoms with Crippen molar-refractivity contribution in [3.8, 4) is 17.1 Å². The van der Waals surface area contributed by atoms with E-state index in [4.69, 9.17) is 4.74 Å². The minimum absolute atomic E-state index is 0.0563. The van der Waals surface area contributed by atoms with E-state index in [1.54, 1.807) is 7.11 Å². The third-order valence-electron chi connectivity index (χ3n) is 4.23. The van der Waals surface area contributed by atoms with Gasteiger partial charge in [0.2, 0.25) is 5.91 Å². The van der Waals surface area contributed by atoms with Gasteiger partial charge in [0.1, 0.15) is 0 Å². The first kappa shape index (κ1) is 20.1. The molecule has 0 spiro atoms. The van der Waals surface area contributed by atoms with Crippen molar-refractivity contribution in [2.24, 2.45) is 0 Å². The minimum Gasteiger partial charge on any atom is -0.383 e. The fourth-order valence-corrected chi connectivity index (χ4v) is 3.51. The average Bonchev–Trinajstić information content (AvgIpc) is 3.17. The Morgan fingerprint density at radius 2 is 1.86 bits per heavy atom. The van der Waals surface area contributed by atoms with Crippen LogP contribution in [-0.2, 0) is 16.0 Å². The predicted molar refractivity (Wildman–Crippen MR) is 112 cm³/mol. The number of carbonyl (C=O) groups excluding carboxylic acids is 1. The van der Waals surface area contributed by atoms with E-state index in [0.29, 0.717) is 18.3 Å². The second-order valence-electron chi connectivity index (χ2n) is 6.16. The van der Waals surface area contributed by atoms with Crippen LogP contribution in [0.15, 0.2) is 59.8 Å². The Morgan fingerprint density at radius 1 is 1.11 bits per heavy atom. The van der Waals surface area contributed by atoms with Gasteiger partial charge in [0, 0.05) is 24.9 Å². The van der Waals surface area contributed by atoms with E-state index in [0.717, 1.165) is 23.5 Å². The second-order valence-corrected chi connectivity index (χ2v) is 7.10. The topological polar surface area (TPSA) is 69.0 Å². The molecule has 7 heteroatoms. The second kappa shape index (κ2) is 10.1. The molecule has 0 aliphatic heterocycles. The molecular formula is C21H24N4O2S. The average molecular weight is 397 g/mol. The van der Waals surface area contributed by atoms with Crippen LogP contribution in [0.3, 0.4) is 0 Å². The highest BCUT2D eigenvalue weighted by atomic mass is 32.2. The molecule has 0 aliphatic carbocycles. The van der Waals surface area contributed by atoms with Crippen molar-refractivity contribution in [2.45, 2.75) is 18.5 Å². The lowest BCUT2D eigenvalue weighted by Crippen LogP contribution is -2.28. The molecule has 1 amide bonds. The van der Waals surface area contributed by atoms with Gasteiger partial charge < -0.3 is 10.1 Å². The predicted octanol–water partition coefficient (Wildman–Crippen LogP) is 3.35. The molecule has 0 radical (unpaired) electrons. The molecule has 3 aromatic rings. The van der Waals surface area contributed by atoms with Crippen molar-refractivity contribution in [3.05, 3.63) is 60.2 Å². The van der Waals surface area contributed by atoms with Gasteiger partial charge >= 0.3 is 0 Å². The van der Waals surface area contributed by atoms with Crippen molar-refractivity contribution >= 4 is 17.7 Å². The van der Waals surface area contributed by atoms with Crippen LogP contribution >= 0.6 is 11.8 Å². The van der Waals surface area contributed by atoms with Crippen LogP contribution in [0.1, 0.15) is 12.5 Å². The molecule has 28 heavy (non-hydrogen) atoms. The summed E-state index contributed by atoms with van der Waals surface area (Å²) in [4.78, 5) is 12.1. The zero-order valence-electron chi connectivity index (χ0n) is 16.1. The van der Waals surface area contributed by atoms with E-state index in [2.05, 4.69) is 46.7 Å². The summed E-state index contributed by atoms with van der Waals surface area (Å²) in [6.45, 7) is 3.12. The number of amides is 1. The van der Waals surface area contributed by atoms with Crippen molar-refractivity contribution in [2.75, 3.05) is 26.0 Å². The molecule has 1 N–H and O–H groups in total. The minimum atomic E-state index is -0.0563. The van der Waals surface area contributed by atoms with Crippen LogP contribution in [0.2, 0.25) is 0 Å². The molecule has 146 valence electrons. The molecule has 1 heterocycles. The lowest BCUT2D eigenvalue weighted by Gasteiger charge is -2.11. The molecule has 1 aromatic heterocycles. The van der Waals surface area contributed by atoms with Gasteiger partial charge in [0.05, 0.1) is 12.4 Å². The van der Waals surface area contributed by atoms with Crippen molar-refractivity contribution < 1.29 is 9.53 Å². The molecule has 3 rings (SSSR count). The summed E-state index contributed by atoms with van der Waals surface area (Å²) in [5.74, 6) is 0.968. The molecule has 0 bridgehead atoms. The third kappa shape index (κ3) is 4.99. The number of ether oxygens (including phenoxy) is 1. The smallest absolute Gasteiger partial charge is 0.230 e. The summed E-state index contributed by atoms with van der Waals surface area (Å²) in [6, 6.07) is 18.3. The zero-order valence-corrected chi connectivity index (χ0v) is 16.9. The highest BCUT2D eigenvalue weighted by Gasteiger charge is 2.17. The Bertz CT molecular complexity index is 895. The Morgan fingerprint density at radius 3 is 2.54 bits per heavy atom. The fourth-order valence-electron chi connectivity index (χ4n) is 2.72. The van der Waals surface area contributed by atoms with E-state index in [1.165, 1.54) is 17.3 Å². The van der Waals surface area contributed by atoms with Crippen molar-refractivity contribution in [3.63, 3.8) is 0 Å². The molecule has 0 saturated heterocycles. The number of hydrogen-bond acceptors (Lipinski definition) is 5. The lowest BCUT2D eigenvalue weighted by atomic mass is 10.1. The maximum Gasteiger partial charge on any atom is 0.230 e. The third-order valence-corrected chi connectivity index (χ3v) is 5.16. The van der Waals surface area contributed by atoms with E-state index < -0.39 is 0 Å². The summed E-state index contributed by atoms with van der Waals surface area (Å²) in [5.41, 5.74) is 3.22. The monoisotopic (exact) mass is 396 g/mol. The largest absolute Gasteiger partial charge is 0.383 e. The molecule has 6 nitrogen and oxygen atoms in total. The van der Waals surface area contributed by atoms with Gasteiger partial charge in [-0.2, -0.15) is 0 Å². The van der Waals surface area contributed by atoms with Gasteiger partial charge in [-0.25, -0.2) is 0 Å². The highest BCUT2D eigenvalue weighted by Crippen LogP contribution is 2.28. The van der Waals surface area contributed by atoms with Crippen LogP contribution in [0.25, 0.3) is 17.1 Å². The van der Waals surface area contributed by atoms with Crippen LogP contribution in [-0.4, -0.2) is 46.7 Å². The number of carbonyl (C=O) groups is 1. The summed E-state index contributed by atoms with van der Waals surface area (Å²) >= 11 is 1.37. The first-order valence-corrected chi connectivity index (χ1v) is 10.2. The number of nitrogens with zero attached hydrogens (tertiary/aromatic N) is 3. The number of aryl methyl sites for hydroxylation is 1. The van der Waals surface area contributed by atoms with Gasteiger partial charge in [-0.1, -0.05) is 61.2 Å². The Labute approximate surface area is 169 Å². The maximum absolute atomic E-state index is 12.1. The van der Waals surface area contributed by atoms with Gasteiger partial charge in [-0.3, -0.25) is 9.36 Å². The van der Waals surface area contributed by atoms with Gasteiger partial charge in [0.15, 0.2) is 11.0 Å². The summed E-state index contributed by atoms with van der Waals surface area (Å²) in [6.07, 6.45) is 0.983. The number of aromatic nitrogens is 3. The molecule has 0 aliphatic rings. The first-order chi connectivity index (χ1) is 13.7. The van der Waals surface area contributed by atoms with Crippen LogP contribution < -0.4 is 5.32 Å². The number of thioether (sulfide) groups is 1. The number of methoxy groups -OCH3 is 1. The highest BCUT2D eigenvalue weighted by molar-refractivity contribution is 7.99. The number of nitrogens with one attached hydrogen (secondary N) is 1. The van der Waals surface area contributed by atoms with Gasteiger partial charge in [0.25, 0.3) is 0 Å². The summed E-state index contributed by atoms with van der Waals surface area (Å²) in [5, 5.41) is 12.3. The zero-order chi connectivity index (χ0) is 19.8. The normalized spacial score (nSPS) is 10.8. The van der Waals surface area contributed by atoms with Gasteiger partial charge in [-0.05, 0) is 24.1 Å². The molecule has 0 fully saturated rings. The molecule has 2 aromatic carbocycles. The van der Waals surface area contributed by atoms with Gasteiger partial charge in [-0.15, -0.1) is 10.2 Å². The summed E-state index contributed by atoms with van der Waals surface area (Å²) < 4.78 is 6.96. The number of benzene rings is 2. The Hall–Kier alpha value is -2.64. The molecule has 0 atom stereocenters. The Balaban J connectivity index is 1.87. The van der Waals surface area contributed by atoms with Crippen LogP contribution in [0.4, 0.5) is 0 Å². The Kier molecular flexibility index (Phi) is 7.22. The van der Waals surface area contributed by atoms with Crippen molar-refractivity contribution in [1.82, 2.24) is 20.1 Å². The SMILES string of the molecule is CCc1ccc(-n2c(SCC(=O)NCCOC)nnc2-c2ccccc2)cc1. The standard InChI is InChI=1S/C21H24N4O2S/c1-3-16-9-11-18(12-10-16)25-20(17-7-5-4-6-8-17)23-24-21(25)28-15-19(26)22-13-14-27-2/h4-12H,3,13-15H2,1-2H3,(H,22,26). The molecule has 0 unspecified atom stereocenters. The van der Waals surface area contributed by atoms with Crippen LogP contribution in [0.5, 0.6) is 0 Å². The van der Waals surface area contributed by atoms with E-state index >= 15 is 0 Å². The van der Waals surface area contributed by atoms with E-state index in [1.807, 2.05) is 34.9 Å². The number of rotatable bonds is 9. The number of hydrogen-bond donors (Lipinski definition) is 1. The van der Waals surface area contributed by atoms with E-state index in [-0.39, 0.29) is 11.7 Å². The summed E-state index contributed by atoms with van der Waals surface area (Å²) in [7, 11) is 1.61. The maximum atomic E-state index is 12.1. The molecular weight excluding hydrogens is 372 g/mol. The van der Waals surface area contributed by atoms with Crippen LogP contribution in [0, 0.1) is 0 Å². The lowest BCUT2D eigenvalue weighted by molar-refractivity contribution is -0.118. The fraction of sp³-hybridized carbons (Fsp3) is 0.286. The molecule has 0 saturated carbocycles.